The lowest BCUT2D eigenvalue weighted by atomic mass is 10.0. The van der Waals surface area contributed by atoms with Gasteiger partial charge >= 0.3 is 0 Å². The van der Waals surface area contributed by atoms with Gasteiger partial charge in [0.15, 0.2) is 0 Å². The van der Waals surface area contributed by atoms with E-state index in [0.717, 1.165) is 0 Å². The fraction of sp³-hybridized carbons (Fsp3) is 0.200. The molecular formula is C15H14INS. The Bertz CT molecular complexity index is 538. The second-order valence-corrected chi connectivity index (χ2v) is 6.76. The normalized spacial score (nSPS) is 18.2. The summed E-state index contributed by atoms with van der Waals surface area (Å²) in [6.45, 7) is 0. The average Bonchev–Trinajstić information content (AvgIpc) is 2.42. The van der Waals surface area contributed by atoms with E-state index in [1.807, 2.05) is 11.8 Å². The van der Waals surface area contributed by atoms with Gasteiger partial charge in [-0.2, -0.15) is 0 Å². The summed E-state index contributed by atoms with van der Waals surface area (Å²) < 4.78 is 1.28. The lowest BCUT2D eigenvalue weighted by molar-refractivity contribution is 0.728. The molecule has 0 aliphatic carbocycles. The van der Waals surface area contributed by atoms with Gasteiger partial charge in [0.2, 0.25) is 0 Å². The molecule has 0 fully saturated rings. The van der Waals surface area contributed by atoms with Crippen LogP contribution in [-0.2, 0) is 0 Å². The average molecular weight is 367 g/mol. The smallest absolute Gasteiger partial charge is 0.0532 e. The Balaban J connectivity index is 1.84. The number of halogens is 1. The third kappa shape index (κ3) is 2.67. The van der Waals surface area contributed by atoms with E-state index >= 15 is 0 Å². The molecule has 1 unspecified atom stereocenters. The third-order valence-electron chi connectivity index (χ3n) is 3.14. The molecule has 0 radical (unpaired) electrons. The number of fused-ring (bicyclic) bond motifs is 1. The quantitative estimate of drug-likeness (QED) is 0.755. The number of hydrogen-bond donors (Lipinski definition) is 1. The molecule has 3 heteroatoms. The predicted octanol–water partition coefficient (Wildman–Crippen LogP) is 4.94. The number of rotatable bonds is 2. The summed E-state index contributed by atoms with van der Waals surface area (Å²) in [5, 5.41) is 3.65. The summed E-state index contributed by atoms with van der Waals surface area (Å²) in [7, 11) is 0. The van der Waals surface area contributed by atoms with Gasteiger partial charge in [-0.05, 0) is 64.9 Å². The molecule has 0 saturated heterocycles. The van der Waals surface area contributed by atoms with Crippen LogP contribution in [-0.4, -0.2) is 5.75 Å². The summed E-state index contributed by atoms with van der Waals surface area (Å²) in [5.74, 6) is 1.19. The molecule has 1 heterocycles. The van der Waals surface area contributed by atoms with Gasteiger partial charge in [-0.25, -0.2) is 0 Å². The van der Waals surface area contributed by atoms with Gasteiger partial charge in [0, 0.05) is 19.9 Å². The number of nitrogens with one attached hydrogen (secondary N) is 1. The Hall–Kier alpha value is -0.680. The van der Waals surface area contributed by atoms with Crippen LogP contribution in [0.1, 0.15) is 18.0 Å². The van der Waals surface area contributed by atoms with Crippen molar-refractivity contribution in [1.29, 1.82) is 0 Å². The van der Waals surface area contributed by atoms with Gasteiger partial charge < -0.3 is 5.32 Å². The zero-order valence-corrected chi connectivity index (χ0v) is 12.9. The first-order valence-corrected chi connectivity index (χ1v) is 8.13. The zero-order valence-electron chi connectivity index (χ0n) is 9.90. The molecule has 0 aromatic heterocycles. The van der Waals surface area contributed by atoms with Crippen LogP contribution in [0.25, 0.3) is 0 Å². The molecule has 0 bridgehead atoms. The molecule has 3 rings (SSSR count). The monoisotopic (exact) mass is 367 g/mol. The third-order valence-corrected chi connectivity index (χ3v) is 4.99. The molecule has 1 nitrogen and oxygen atoms in total. The first kappa shape index (κ1) is 12.4. The van der Waals surface area contributed by atoms with Gasteiger partial charge in [0.25, 0.3) is 0 Å². The maximum atomic E-state index is 3.65. The maximum Gasteiger partial charge on any atom is 0.0532 e. The highest BCUT2D eigenvalue weighted by molar-refractivity contribution is 14.1. The SMILES string of the molecule is Ic1ccc(NC2CCSc3ccccc32)cc1. The van der Waals surface area contributed by atoms with E-state index in [0.29, 0.717) is 6.04 Å². The second kappa shape index (κ2) is 5.53. The van der Waals surface area contributed by atoms with E-state index in [1.54, 1.807) is 0 Å². The first-order chi connectivity index (χ1) is 8.83. The number of anilines is 1. The number of benzene rings is 2. The highest BCUT2D eigenvalue weighted by Gasteiger charge is 2.19. The molecule has 0 saturated carbocycles. The van der Waals surface area contributed by atoms with E-state index in [9.17, 15) is 0 Å². The Kier molecular flexibility index (Phi) is 3.80. The van der Waals surface area contributed by atoms with Crippen molar-refractivity contribution < 1.29 is 0 Å². The predicted molar refractivity (Wildman–Crippen MR) is 87.3 cm³/mol. The minimum absolute atomic E-state index is 0.447. The molecule has 1 aliphatic rings. The molecule has 1 aliphatic heterocycles. The van der Waals surface area contributed by atoms with Crippen LogP contribution in [0.2, 0.25) is 0 Å². The highest BCUT2D eigenvalue weighted by atomic mass is 127. The molecule has 0 spiro atoms. The summed E-state index contributed by atoms with van der Waals surface area (Å²) >= 11 is 4.30. The minimum Gasteiger partial charge on any atom is -0.378 e. The Morgan fingerprint density at radius 3 is 2.67 bits per heavy atom. The van der Waals surface area contributed by atoms with Crippen LogP contribution >= 0.6 is 34.4 Å². The van der Waals surface area contributed by atoms with E-state index in [4.69, 9.17) is 0 Å². The van der Waals surface area contributed by atoms with Crippen molar-refractivity contribution >= 4 is 40.0 Å². The molecule has 18 heavy (non-hydrogen) atoms. The van der Waals surface area contributed by atoms with Gasteiger partial charge in [-0.15, -0.1) is 11.8 Å². The van der Waals surface area contributed by atoms with Crippen molar-refractivity contribution in [1.82, 2.24) is 0 Å². The van der Waals surface area contributed by atoms with Gasteiger partial charge in [0.05, 0.1) is 6.04 Å². The van der Waals surface area contributed by atoms with E-state index in [-0.39, 0.29) is 0 Å². The number of thioether (sulfide) groups is 1. The first-order valence-electron chi connectivity index (χ1n) is 6.07. The highest BCUT2D eigenvalue weighted by Crippen LogP contribution is 2.37. The molecule has 1 N–H and O–H groups in total. The van der Waals surface area contributed by atoms with E-state index < -0.39 is 0 Å². The van der Waals surface area contributed by atoms with Gasteiger partial charge in [0.1, 0.15) is 0 Å². The van der Waals surface area contributed by atoms with Crippen LogP contribution in [0.15, 0.2) is 53.4 Å². The standard InChI is InChI=1S/C15H14INS/c16-11-5-7-12(8-6-11)17-14-9-10-18-15-4-2-1-3-13(14)15/h1-8,14,17H,9-10H2. The summed E-state index contributed by atoms with van der Waals surface area (Å²) in [6, 6.07) is 17.8. The maximum absolute atomic E-state index is 3.65. The molecule has 2 aromatic carbocycles. The summed E-state index contributed by atoms with van der Waals surface area (Å²) in [6.07, 6.45) is 1.19. The Morgan fingerprint density at radius 2 is 1.83 bits per heavy atom. The second-order valence-electron chi connectivity index (χ2n) is 4.38. The fourth-order valence-electron chi connectivity index (χ4n) is 2.24. The van der Waals surface area contributed by atoms with Crippen molar-refractivity contribution in [2.75, 3.05) is 11.1 Å². The van der Waals surface area contributed by atoms with Gasteiger partial charge in [-0.1, -0.05) is 18.2 Å². The summed E-state index contributed by atoms with van der Waals surface area (Å²) in [4.78, 5) is 1.42. The Labute approximate surface area is 126 Å². The number of hydrogen-bond acceptors (Lipinski definition) is 2. The van der Waals surface area contributed by atoms with Crippen molar-refractivity contribution in [3.05, 3.63) is 57.7 Å². The molecular weight excluding hydrogens is 353 g/mol. The van der Waals surface area contributed by atoms with Crippen LogP contribution in [0.4, 0.5) is 5.69 Å². The summed E-state index contributed by atoms with van der Waals surface area (Å²) in [5.41, 5.74) is 2.65. The largest absolute Gasteiger partial charge is 0.378 e. The van der Waals surface area contributed by atoms with E-state index in [2.05, 4.69) is 76.4 Å². The molecule has 0 amide bonds. The van der Waals surface area contributed by atoms with Crippen molar-refractivity contribution in [3.63, 3.8) is 0 Å². The Morgan fingerprint density at radius 1 is 1.06 bits per heavy atom. The lowest BCUT2D eigenvalue weighted by Gasteiger charge is -2.26. The van der Waals surface area contributed by atoms with E-state index in [1.165, 1.54) is 31.9 Å². The molecule has 92 valence electrons. The molecule has 1 atom stereocenters. The van der Waals surface area contributed by atoms with Crippen molar-refractivity contribution in [2.45, 2.75) is 17.4 Å². The lowest BCUT2D eigenvalue weighted by Crippen LogP contribution is -2.15. The molecule has 2 aromatic rings. The zero-order chi connectivity index (χ0) is 12.4. The topological polar surface area (TPSA) is 12.0 Å². The van der Waals surface area contributed by atoms with Crippen molar-refractivity contribution in [3.8, 4) is 0 Å². The van der Waals surface area contributed by atoms with Gasteiger partial charge in [-0.3, -0.25) is 0 Å². The fourth-order valence-corrected chi connectivity index (χ4v) is 3.72. The van der Waals surface area contributed by atoms with Crippen molar-refractivity contribution in [2.24, 2.45) is 0 Å². The van der Waals surface area contributed by atoms with Crippen LogP contribution in [0, 0.1) is 3.57 Å². The van der Waals surface area contributed by atoms with Crippen LogP contribution in [0.3, 0.4) is 0 Å². The minimum atomic E-state index is 0.447. The van der Waals surface area contributed by atoms with Crippen LogP contribution in [0.5, 0.6) is 0 Å². The van der Waals surface area contributed by atoms with Crippen LogP contribution < -0.4 is 5.32 Å².